The van der Waals surface area contributed by atoms with E-state index in [0.717, 1.165) is 5.39 Å². The molecular weight excluding hydrogens is 342 g/mol. The number of nitrogens with one attached hydrogen (secondary N) is 2. The molecule has 146 valence electrons. The van der Waals surface area contributed by atoms with E-state index in [2.05, 4.69) is 15.5 Å². The third-order valence-electron chi connectivity index (χ3n) is 4.54. The largest absolute Gasteiger partial charge is 0.346 e. The van der Waals surface area contributed by atoms with Crippen LogP contribution in [-0.2, 0) is 16.0 Å². The predicted molar refractivity (Wildman–Crippen MR) is 107 cm³/mol. The number of amides is 1. The van der Waals surface area contributed by atoms with E-state index in [1.807, 2.05) is 53.7 Å². The smallest absolute Gasteiger partial charge is 0.272 e. The lowest BCUT2D eigenvalue weighted by Gasteiger charge is -2.34. The van der Waals surface area contributed by atoms with Crippen molar-refractivity contribution in [3.05, 3.63) is 40.3 Å². The van der Waals surface area contributed by atoms with Crippen LogP contribution in [0.15, 0.2) is 29.1 Å². The topological polar surface area (TPSA) is 91.9 Å². The Balaban J connectivity index is 2.15. The van der Waals surface area contributed by atoms with Gasteiger partial charge >= 0.3 is 0 Å². The Kier molecular flexibility index (Phi) is 5.88. The second-order valence-electron chi connectivity index (χ2n) is 9.03. The zero-order valence-corrected chi connectivity index (χ0v) is 17.0. The molecule has 0 aliphatic rings. The van der Waals surface area contributed by atoms with Crippen LogP contribution < -0.4 is 10.9 Å². The number of rotatable bonds is 5. The molecular formula is C21H29N3O3. The van der Waals surface area contributed by atoms with Gasteiger partial charge in [0.2, 0.25) is 5.91 Å². The molecule has 0 aliphatic heterocycles. The minimum Gasteiger partial charge on any atom is -0.346 e. The maximum atomic E-state index is 12.8. The summed E-state index contributed by atoms with van der Waals surface area (Å²) in [5.74, 6) is -0.194. The molecule has 0 fully saturated rings. The Morgan fingerprint density at radius 2 is 1.67 bits per heavy atom. The Bertz CT molecular complexity index is 901. The predicted octanol–water partition coefficient (Wildman–Crippen LogP) is 3.00. The van der Waals surface area contributed by atoms with Crippen molar-refractivity contribution in [3.8, 4) is 0 Å². The molecule has 0 bridgehead atoms. The number of carbonyl (C=O) groups excluding carboxylic acids is 2. The summed E-state index contributed by atoms with van der Waals surface area (Å²) < 4.78 is 0. The highest BCUT2D eigenvalue weighted by Gasteiger charge is 2.38. The van der Waals surface area contributed by atoms with Crippen LogP contribution in [0.25, 0.3) is 10.8 Å². The van der Waals surface area contributed by atoms with Crippen LogP contribution in [0.1, 0.15) is 53.7 Å². The lowest BCUT2D eigenvalue weighted by atomic mass is 9.75. The SMILES string of the molecule is CC(C)(C)C(=O)C(NC(=O)CCc1n[nH]c(=O)c2ccccc12)C(C)(C)C. The maximum absolute atomic E-state index is 12.8. The second-order valence-corrected chi connectivity index (χ2v) is 9.03. The van der Waals surface area contributed by atoms with Gasteiger partial charge in [-0.3, -0.25) is 14.4 Å². The number of Topliss-reactive ketones (excluding diaryl/α,β-unsaturated/α-hetero) is 1. The third-order valence-corrected chi connectivity index (χ3v) is 4.54. The van der Waals surface area contributed by atoms with Crippen LogP contribution in [0, 0.1) is 10.8 Å². The maximum Gasteiger partial charge on any atom is 0.272 e. The first-order valence-electron chi connectivity index (χ1n) is 9.21. The van der Waals surface area contributed by atoms with E-state index in [1.54, 1.807) is 12.1 Å². The average Bonchev–Trinajstić information content (AvgIpc) is 2.57. The van der Waals surface area contributed by atoms with E-state index in [9.17, 15) is 14.4 Å². The quantitative estimate of drug-likeness (QED) is 0.845. The van der Waals surface area contributed by atoms with E-state index in [4.69, 9.17) is 0 Å². The van der Waals surface area contributed by atoms with Gasteiger partial charge < -0.3 is 5.32 Å². The van der Waals surface area contributed by atoms with Crippen LogP contribution in [0.3, 0.4) is 0 Å². The van der Waals surface area contributed by atoms with Crippen LogP contribution >= 0.6 is 0 Å². The Hall–Kier alpha value is -2.50. The summed E-state index contributed by atoms with van der Waals surface area (Å²) in [4.78, 5) is 37.2. The summed E-state index contributed by atoms with van der Waals surface area (Å²) in [6.45, 7) is 11.4. The Morgan fingerprint density at radius 1 is 1.07 bits per heavy atom. The molecule has 0 saturated heterocycles. The number of nitrogens with zero attached hydrogens (tertiary/aromatic N) is 1. The van der Waals surface area contributed by atoms with Gasteiger partial charge in [-0.25, -0.2) is 5.10 Å². The molecule has 27 heavy (non-hydrogen) atoms. The Labute approximate surface area is 159 Å². The number of aromatic amines is 1. The highest BCUT2D eigenvalue weighted by molar-refractivity contribution is 5.93. The van der Waals surface area contributed by atoms with Gasteiger partial charge in [0.1, 0.15) is 0 Å². The van der Waals surface area contributed by atoms with Crippen LogP contribution in [0.5, 0.6) is 0 Å². The molecule has 1 unspecified atom stereocenters. The molecule has 0 saturated carbocycles. The van der Waals surface area contributed by atoms with Crippen LogP contribution in [-0.4, -0.2) is 27.9 Å². The summed E-state index contributed by atoms with van der Waals surface area (Å²) in [6, 6.07) is 6.62. The van der Waals surface area contributed by atoms with Crippen molar-refractivity contribution < 1.29 is 9.59 Å². The summed E-state index contributed by atoms with van der Waals surface area (Å²) in [5.41, 5.74) is -0.512. The normalized spacial score (nSPS) is 13.4. The molecule has 2 aromatic rings. The van der Waals surface area contributed by atoms with E-state index in [0.29, 0.717) is 17.5 Å². The monoisotopic (exact) mass is 371 g/mol. The molecule has 0 spiro atoms. The standard InChI is InChI=1S/C21H29N3O3/c1-20(2,3)17(18(26)21(4,5)6)22-16(25)12-11-15-13-9-7-8-10-14(13)19(27)24-23-15/h7-10,17H,11-12H2,1-6H3,(H,22,25)(H,24,27). The minimum absolute atomic E-state index is 0.0102. The summed E-state index contributed by atoms with van der Waals surface area (Å²) in [5, 5.41) is 10.8. The molecule has 1 amide bonds. The van der Waals surface area contributed by atoms with Gasteiger partial charge in [-0.2, -0.15) is 5.10 Å². The van der Waals surface area contributed by atoms with Gasteiger partial charge in [-0.05, 0) is 11.5 Å². The number of benzene rings is 1. The fourth-order valence-electron chi connectivity index (χ4n) is 2.94. The number of aryl methyl sites for hydroxylation is 1. The molecule has 0 radical (unpaired) electrons. The molecule has 1 heterocycles. The zero-order valence-electron chi connectivity index (χ0n) is 17.0. The van der Waals surface area contributed by atoms with Crippen molar-refractivity contribution in [1.82, 2.24) is 15.5 Å². The molecule has 0 aliphatic carbocycles. The fourth-order valence-corrected chi connectivity index (χ4v) is 2.94. The molecule has 6 heteroatoms. The van der Waals surface area contributed by atoms with Crippen molar-refractivity contribution in [2.75, 3.05) is 0 Å². The number of ketones is 1. The van der Waals surface area contributed by atoms with Gasteiger partial charge in [0.25, 0.3) is 5.56 Å². The van der Waals surface area contributed by atoms with Gasteiger partial charge in [-0.15, -0.1) is 0 Å². The molecule has 1 aromatic heterocycles. The van der Waals surface area contributed by atoms with E-state index in [-0.39, 0.29) is 29.1 Å². The van der Waals surface area contributed by atoms with E-state index >= 15 is 0 Å². The van der Waals surface area contributed by atoms with Crippen molar-refractivity contribution in [2.24, 2.45) is 10.8 Å². The molecule has 1 atom stereocenters. The Morgan fingerprint density at radius 3 is 2.22 bits per heavy atom. The van der Waals surface area contributed by atoms with Gasteiger partial charge in [0, 0.05) is 23.6 Å². The summed E-state index contributed by atoms with van der Waals surface area (Å²) in [6.07, 6.45) is 0.566. The first kappa shape index (κ1) is 20.8. The van der Waals surface area contributed by atoms with Crippen LogP contribution in [0.4, 0.5) is 0 Å². The highest BCUT2D eigenvalue weighted by atomic mass is 16.2. The first-order chi connectivity index (χ1) is 12.4. The summed E-state index contributed by atoms with van der Waals surface area (Å²) in [7, 11) is 0. The lowest BCUT2D eigenvalue weighted by molar-refractivity contribution is -0.135. The van der Waals surface area contributed by atoms with Crippen molar-refractivity contribution in [3.63, 3.8) is 0 Å². The van der Waals surface area contributed by atoms with Crippen molar-refractivity contribution >= 4 is 22.5 Å². The third kappa shape index (κ3) is 5.02. The molecule has 6 nitrogen and oxygen atoms in total. The minimum atomic E-state index is -0.565. The van der Waals surface area contributed by atoms with Gasteiger partial charge in [-0.1, -0.05) is 59.7 Å². The van der Waals surface area contributed by atoms with Crippen LogP contribution in [0.2, 0.25) is 0 Å². The number of carbonyl (C=O) groups is 2. The number of hydrogen-bond donors (Lipinski definition) is 2. The van der Waals surface area contributed by atoms with Gasteiger partial charge in [0.15, 0.2) is 5.78 Å². The van der Waals surface area contributed by atoms with Gasteiger partial charge in [0.05, 0.1) is 17.1 Å². The second kappa shape index (κ2) is 7.62. The average molecular weight is 371 g/mol. The van der Waals surface area contributed by atoms with E-state index < -0.39 is 11.5 Å². The van der Waals surface area contributed by atoms with E-state index in [1.165, 1.54) is 0 Å². The van der Waals surface area contributed by atoms with Crippen molar-refractivity contribution in [1.29, 1.82) is 0 Å². The zero-order chi connectivity index (χ0) is 20.4. The summed E-state index contributed by atoms with van der Waals surface area (Å²) >= 11 is 0. The number of aromatic nitrogens is 2. The molecule has 1 aromatic carbocycles. The number of H-pyrrole nitrogens is 1. The lowest BCUT2D eigenvalue weighted by Crippen LogP contribution is -2.52. The number of fused-ring (bicyclic) bond motifs is 1. The van der Waals surface area contributed by atoms with Crippen molar-refractivity contribution in [2.45, 2.75) is 60.4 Å². The fraction of sp³-hybridized carbons (Fsp3) is 0.524. The molecule has 2 N–H and O–H groups in total. The highest BCUT2D eigenvalue weighted by Crippen LogP contribution is 2.27. The molecule has 2 rings (SSSR count). The number of hydrogen-bond acceptors (Lipinski definition) is 4. The first-order valence-corrected chi connectivity index (χ1v) is 9.21.